The van der Waals surface area contributed by atoms with Crippen LogP contribution in [0.5, 0.6) is 0 Å². The second kappa shape index (κ2) is 4.99. The number of hydrogen-bond acceptors (Lipinski definition) is 1. The van der Waals surface area contributed by atoms with Crippen molar-refractivity contribution in [2.45, 2.75) is 45.0 Å². The molecule has 1 atom stereocenters. The Morgan fingerprint density at radius 3 is 2.85 bits per heavy atom. The molecule has 0 aliphatic heterocycles. The van der Waals surface area contributed by atoms with Crippen molar-refractivity contribution in [1.82, 2.24) is 9.55 Å². The summed E-state index contributed by atoms with van der Waals surface area (Å²) in [6.07, 6.45) is 3.43. The lowest BCUT2D eigenvalue weighted by Gasteiger charge is -2.20. The number of imidazole rings is 1. The van der Waals surface area contributed by atoms with E-state index in [4.69, 9.17) is 11.6 Å². The van der Waals surface area contributed by atoms with Crippen LogP contribution >= 0.6 is 27.5 Å². The summed E-state index contributed by atoms with van der Waals surface area (Å²) in [5, 5.41) is 0. The van der Waals surface area contributed by atoms with E-state index >= 15 is 0 Å². The third kappa shape index (κ3) is 2.37. The molecule has 0 amide bonds. The molecule has 1 fully saturated rings. The van der Waals surface area contributed by atoms with E-state index in [1.165, 1.54) is 12.5 Å². The summed E-state index contributed by atoms with van der Waals surface area (Å²) in [4.78, 5) is 4.50. The molecule has 0 bridgehead atoms. The van der Waals surface area contributed by atoms with Gasteiger partial charge in [0.05, 0.1) is 21.4 Å². The largest absolute Gasteiger partial charge is 0.324 e. The second-order valence-electron chi connectivity index (χ2n) is 6.35. The lowest BCUT2D eigenvalue weighted by Crippen LogP contribution is -2.11. The topological polar surface area (TPSA) is 17.8 Å². The fourth-order valence-electron chi connectivity index (χ4n) is 3.26. The molecular weight excluding hydrogens is 343 g/mol. The van der Waals surface area contributed by atoms with Crippen molar-refractivity contribution >= 4 is 38.6 Å². The van der Waals surface area contributed by atoms with Gasteiger partial charge in [0.1, 0.15) is 11.6 Å². The molecule has 0 spiro atoms. The summed E-state index contributed by atoms with van der Waals surface area (Å²) < 4.78 is 16.4. The van der Waals surface area contributed by atoms with Gasteiger partial charge in [-0.05, 0) is 46.7 Å². The molecular formula is C15H17BrClFN2. The molecule has 20 heavy (non-hydrogen) atoms. The Bertz CT molecular complexity index is 665. The first-order valence-corrected chi connectivity index (χ1v) is 8.16. The molecule has 1 aliphatic carbocycles. The molecule has 0 N–H and O–H groups in total. The predicted octanol–water partition coefficient (Wildman–Crippen LogP) is 5.43. The van der Waals surface area contributed by atoms with Crippen LogP contribution in [0, 0.1) is 11.2 Å². The quantitative estimate of drug-likeness (QED) is 0.654. The van der Waals surface area contributed by atoms with Gasteiger partial charge in [0, 0.05) is 12.1 Å². The van der Waals surface area contributed by atoms with E-state index < -0.39 is 0 Å². The summed E-state index contributed by atoms with van der Waals surface area (Å²) in [6, 6.07) is 3.70. The summed E-state index contributed by atoms with van der Waals surface area (Å²) >= 11 is 9.31. The molecule has 1 aliphatic rings. The van der Waals surface area contributed by atoms with Crippen molar-refractivity contribution < 1.29 is 4.39 Å². The molecule has 1 aromatic heterocycles. The second-order valence-corrected chi connectivity index (χ2v) is 7.47. The predicted molar refractivity (Wildman–Crippen MR) is 83.6 cm³/mol. The Balaban J connectivity index is 2.15. The molecule has 5 heteroatoms. The smallest absolute Gasteiger partial charge is 0.139 e. The normalized spacial score (nSPS) is 21.8. The van der Waals surface area contributed by atoms with Crippen LogP contribution in [0.15, 0.2) is 16.6 Å². The minimum absolute atomic E-state index is 0.282. The molecule has 1 saturated carbocycles. The highest BCUT2D eigenvalue weighted by atomic mass is 79.9. The highest BCUT2D eigenvalue weighted by molar-refractivity contribution is 9.10. The van der Waals surface area contributed by atoms with Crippen LogP contribution in [0.3, 0.4) is 0 Å². The van der Waals surface area contributed by atoms with Crippen LogP contribution in [-0.2, 0) is 5.88 Å². The lowest BCUT2D eigenvalue weighted by atomic mass is 9.92. The van der Waals surface area contributed by atoms with Gasteiger partial charge in [0.2, 0.25) is 0 Å². The van der Waals surface area contributed by atoms with Crippen molar-refractivity contribution in [1.29, 1.82) is 0 Å². The third-order valence-corrected chi connectivity index (χ3v) is 5.08. The number of fused-ring (bicyclic) bond motifs is 1. The van der Waals surface area contributed by atoms with Crippen LogP contribution in [0.25, 0.3) is 11.0 Å². The van der Waals surface area contributed by atoms with Crippen molar-refractivity contribution in [2.75, 3.05) is 0 Å². The number of rotatable bonds is 2. The Morgan fingerprint density at radius 1 is 1.50 bits per heavy atom. The average molecular weight is 360 g/mol. The zero-order chi connectivity index (χ0) is 14.5. The Labute approximate surface area is 131 Å². The summed E-state index contributed by atoms with van der Waals surface area (Å²) in [6.45, 7) is 4.59. The summed E-state index contributed by atoms with van der Waals surface area (Å²) in [7, 11) is 0. The van der Waals surface area contributed by atoms with E-state index in [1.807, 2.05) is 6.07 Å². The number of halogens is 3. The van der Waals surface area contributed by atoms with E-state index in [9.17, 15) is 4.39 Å². The van der Waals surface area contributed by atoms with Crippen molar-refractivity contribution in [3.8, 4) is 0 Å². The first kappa shape index (κ1) is 14.3. The van der Waals surface area contributed by atoms with Gasteiger partial charge in [-0.15, -0.1) is 11.6 Å². The van der Waals surface area contributed by atoms with Gasteiger partial charge in [0.15, 0.2) is 0 Å². The number of aromatic nitrogens is 2. The maximum Gasteiger partial charge on any atom is 0.139 e. The molecule has 1 aromatic carbocycles. The minimum atomic E-state index is -0.282. The van der Waals surface area contributed by atoms with E-state index in [1.54, 1.807) is 0 Å². The van der Waals surface area contributed by atoms with Crippen molar-refractivity contribution in [3.05, 3.63) is 28.2 Å². The van der Waals surface area contributed by atoms with Gasteiger partial charge < -0.3 is 4.57 Å². The molecule has 1 unspecified atom stereocenters. The molecule has 2 aromatic rings. The van der Waals surface area contributed by atoms with Crippen molar-refractivity contribution in [2.24, 2.45) is 5.41 Å². The van der Waals surface area contributed by atoms with Crippen LogP contribution in [0.1, 0.15) is 45.0 Å². The van der Waals surface area contributed by atoms with Gasteiger partial charge in [-0.1, -0.05) is 13.8 Å². The van der Waals surface area contributed by atoms with Crippen molar-refractivity contribution in [3.63, 3.8) is 0 Å². The lowest BCUT2D eigenvalue weighted by molar-refractivity contribution is 0.359. The molecule has 3 rings (SSSR count). The molecule has 1 heterocycles. The van der Waals surface area contributed by atoms with E-state index in [2.05, 4.69) is 39.3 Å². The fraction of sp³-hybridized carbons (Fsp3) is 0.533. The average Bonchev–Trinajstić information content (AvgIpc) is 2.90. The molecule has 0 radical (unpaired) electrons. The number of alkyl halides is 1. The number of hydrogen-bond donors (Lipinski definition) is 0. The Hall–Kier alpha value is -0.610. The number of benzene rings is 1. The first-order valence-electron chi connectivity index (χ1n) is 6.83. The van der Waals surface area contributed by atoms with E-state index in [0.717, 1.165) is 24.2 Å². The SMILES string of the molecule is CC1(C)CCC(n2c(CCl)nc3cc(F)c(Br)cc32)C1. The summed E-state index contributed by atoms with van der Waals surface area (Å²) in [5.41, 5.74) is 2.00. The van der Waals surface area contributed by atoms with Crippen LogP contribution < -0.4 is 0 Å². The molecule has 2 nitrogen and oxygen atoms in total. The zero-order valence-corrected chi connectivity index (χ0v) is 13.9. The van der Waals surface area contributed by atoms with Crippen LogP contribution in [0.2, 0.25) is 0 Å². The highest BCUT2D eigenvalue weighted by Gasteiger charge is 2.33. The minimum Gasteiger partial charge on any atom is -0.324 e. The molecule has 0 saturated heterocycles. The Morgan fingerprint density at radius 2 is 2.25 bits per heavy atom. The zero-order valence-electron chi connectivity index (χ0n) is 11.6. The monoisotopic (exact) mass is 358 g/mol. The molecule has 108 valence electrons. The highest BCUT2D eigenvalue weighted by Crippen LogP contribution is 2.45. The van der Waals surface area contributed by atoms with Crippen LogP contribution in [-0.4, -0.2) is 9.55 Å². The standard InChI is InChI=1S/C15H17BrClFN2/c1-15(2)4-3-9(7-15)20-13-5-10(16)11(18)6-12(13)19-14(20)8-17/h5-6,9H,3-4,7-8H2,1-2H3. The Kier molecular flexibility index (Phi) is 3.57. The first-order chi connectivity index (χ1) is 9.41. The van der Waals surface area contributed by atoms with Gasteiger partial charge in [-0.25, -0.2) is 9.37 Å². The van der Waals surface area contributed by atoms with Crippen LogP contribution in [0.4, 0.5) is 4.39 Å². The van der Waals surface area contributed by atoms with Gasteiger partial charge in [-0.2, -0.15) is 0 Å². The van der Waals surface area contributed by atoms with Gasteiger partial charge >= 0.3 is 0 Å². The van der Waals surface area contributed by atoms with Gasteiger partial charge in [-0.3, -0.25) is 0 Å². The van der Waals surface area contributed by atoms with E-state index in [0.29, 0.717) is 27.3 Å². The third-order valence-electron chi connectivity index (χ3n) is 4.23. The fourth-order valence-corrected chi connectivity index (χ4v) is 3.78. The van der Waals surface area contributed by atoms with E-state index in [-0.39, 0.29) is 5.82 Å². The maximum absolute atomic E-state index is 13.7. The number of nitrogens with zero attached hydrogens (tertiary/aromatic N) is 2. The summed E-state index contributed by atoms with van der Waals surface area (Å²) in [5.74, 6) is 0.905. The maximum atomic E-state index is 13.7. The van der Waals surface area contributed by atoms with Gasteiger partial charge in [0.25, 0.3) is 0 Å².